The van der Waals surface area contributed by atoms with Crippen LogP contribution >= 0.6 is 0 Å². The Kier molecular flexibility index (Phi) is 5.60. The molecule has 0 amide bonds. The molecule has 0 radical (unpaired) electrons. The molecule has 0 aliphatic rings. The molecule has 0 bridgehead atoms. The summed E-state index contributed by atoms with van der Waals surface area (Å²) < 4.78 is 23.8. The van der Waals surface area contributed by atoms with Gasteiger partial charge in [0.25, 0.3) is 0 Å². The van der Waals surface area contributed by atoms with Gasteiger partial charge in [-0.25, -0.2) is 8.42 Å². The molecule has 0 heterocycles. The number of hydrogen-bond donors (Lipinski definition) is 2. The van der Waals surface area contributed by atoms with Crippen LogP contribution in [-0.4, -0.2) is 8.42 Å². The minimum absolute atomic E-state index is 0.547. The van der Waals surface area contributed by atoms with Crippen LogP contribution in [0.15, 0.2) is 71.5 Å². The molecule has 0 spiro atoms. The van der Waals surface area contributed by atoms with Gasteiger partial charge in [0, 0.05) is 22.2 Å². The highest BCUT2D eigenvalue weighted by atomic mass is 32.2. The van der Waals surface area contributed by atoms with Crippen molar-refractivity contribution in [3.05, 3.63) is 82.6 Å². The van der Waals surface area contributed by atoms with Gasteiger partial charge in [-0.15, -0.1) is 0 Å². The zero-order valence-corrected chi connectivity index (χ0v) is 13.5. The average molecular weight is 328 g/mol. The normalized spacial score (nSPS) is 12.2. The summed E-state index contributed by atoms with van der Waals surface area (Å²) in [6, 6.07) is 14.7. The molecule has 5 heteroatoms. The first kappa shape index (κ1) is 16.8. The summed E-state index contributed by atoms with van der Waals surface area (Å²) in [5.74, 6) is 0. The Morgan fingerprint density at radius 2 is 1.04 bits per heavy atom. The molecule has 2 rings (SSSR count). The van der Waals surface area contributed by atoms with E-state index in [-0.39, 0.29) is 0 Å². The van der Waals surface area contributed by atoms with Crippen molar-refractivity contribution in [3.63, 3.8) is 0 Å². The SMILES string of the molecule is Nc1ccc(CC=CS(=O)(=O)C=CCc2ccc(N)cc2)cc1. The highest BCUT2D eigenvalue weighted by molar-refractivity contribution is 7.97. The summed E-state index contributed by atoms with van der Waals surface area (Å²) >= 11 is 0. The van der Waals surface area contributed by atoms with Crippen LogP contribution in [0, 0.1) is 0 Å². The van der Waals surface area contributed by atoms with Gasteiger partial charge in [-0.2, -0.15) is 0 Å². The molecular weight excluding hydrogens is 308 g/mol. The van der Waals surface area contributed by atoms with Gasteiger partial charge in [-0.05, 0) is 48.2 Å². The second kappa shape index (κ2) is 7.65. The third-order valence-electron chi connectivity index (χ3n) is 3.24. The summed E-state index contributed by atoms with van der Waals surface area (Å²) in [5.41, 5.74) is 14.6. The van der Waals surface area contributed by atoms with Crippen molar-refractivity contribution >= 4 is 21.2 Å². The Morgan fingerprint density at radius 1 is 0.696 bits per heavy atom. The van der Waals surface area contributed by atoms with Crippen LogP contribution in [0.25, 0.3) is 0 Å². The van der Waals surface area contributed by atoms with E-state index in [2.05, 4.69) is 0 Å². The van der Waals surface area contributed by atoms with E-state index in [1.807, 2.05) is 24.3 Å². The molecule has 4 nitrogen and oxygen atoms in total. The van der Waals surface area contributed by atoms with Crippen LogP contribution in [0.1, 0.15) is 11.1 Å². The molecule has 2 aromatic carbocycles. The molecule has 0 saturated carbocycles. The van der Waals surface area contributed by atoms with E-state index < -0.39 is 9.84 Å². The molecule has 0 saturated heterocycles. The lowest BCUT2D eigenvalue weighted by molar-refractivity contribution is 0.612. The van der Waals surface area contributed by atoms with E-state index in [0.29, 0.717) is 24.2 Å². The number of nitrogens with two attached hydrogens (primary N) is 2. The van der Waals surface area contributed by atoms with Crippen molar-refractivity contribution < 1.29 is 8.42 Å². The second-order valence-electron chi connectivity index (χ2n) is 5.22. The molecule has 2 aromatic rings. The van der Waals surface area contributed by atoms with Crippen LogP contribution in [-0.2, 0) is 22.7 Å². The first-order valence-electron chi connectivity index (χ1n) is 7.22. The Morgan fingerprint density at radius 3 is 1.39 bits per heavy atom. The quantitative estimate of drug-likeness (QED) is 0.798. The highest BCUT2D eigenvalue weighted by Gasteiger charge is 1.99. The molecule has 0 aliphatic heterocycles. The number of sulfone groups is 1. The third kappa shape index (κ3) is 6.00. The number of anilines is 2. The van der Waals surface area contributed by atoms with E-state index in [1.54, 1.807) is 36.4 Å². The van der Waals surface area contributed by atoms with E-state index in [9.17, 15) is 8.42 Å². The van der Waals surface area contributed by atoms with Crippen LogP contribution in [0.3, 0.4) is 0 Å². The monoisotopic (exact) mass is 328 g/mol. The fourth-order valence-corrected chi connectivity index (χ4v) is 2.81. The number of benzene rings is 2. The molecule has 0 aliphatic carbocycles. The zero-order valence-electron chi connectivity index (χ0n) is 12.7. The summed E-state index contributed by atoms with van der Waals surface area (Å²) in [5, 5.41) is 2.45. The largest absolute Gasteiger partial charge is 0.399 e. The molecule has 23 heavy (non-hydrogen) atoms. The van der Waals surface area contributed by atoms with Crippen molar-refractivity contribution in [1.82, 2.24) is 0 Å². The zero-order chi connectivity index (χ0) is 16.7. The van der Waals surface area contributed by atoms with Gasteiger partial charge < -0.3 is 11.5 Å². The lowest BCUT2D eigenvalue weighted by Gasteiger charge is -1.98. The maximum Gasteiger partial charge on any atom is 0.192 e. The first-order valence-corrected chi connectivity index (χ1v) is 8.82. The van der Waals surface area contributed by atoms with Gasteiger partial charge in [0.1, 0.15) is 0 Å². The van der Waals surface area contributed by atoms with Crippen LogP contribution in [0.5, 0.6) is 0 Å². The van der Waals surface area contributed by atoms with Gasteiger partial charge in [-0.3, -0.25) is 0 Å². The fraction of sp³-hybridized carbons (Fsp3) is 0.111. The van der Waals surface area contributed by atoms with Gasteiger partial charge >= 0.3 is 0 Å². The molecular formula is C18H20N2O2S. The van der Waals surface area contributed by atoms with Gasteiger partial charge in [0.15, 0.2) is 9.84 Å². The number of allylic oxidation sites excluding steroid dienone is 2. The van der Waals surface area contributed by atoms with Crippen molar-refractivity contribution in [3.8, 4) is 0 Å². The fourth-order valence-electron chi connectivity index (χ4n) is 1.99. The average Bonchev–Trinajstić information content (AvgIpc) is 2.51. The van der Waals surface area contributed by atoms with Gasteiger partial charge in [0.05, 0.1) is 0 Å². The molecule has 4 N–H and O–H groups in total. The number of nitrogen functional groups attached to an aromatic ring is 2. The summed E-state index contributed by atoms with van der Waals surface area (Å²) in [7, 11) is -3.35. The molecule has 0 fully saturated rings. The first-order chi connectivity index (χ1) is 10.9. The summed E-state index contributed by atoms with van der Waals surface area (Å²) in [6.45, 7) is 0. The highest BCUT2D eigenvalue weighted by Crippen LogP contribution is 2.09. The maximum absolute atomic E-state index is 11.9. The van der Waals surface area contributed by atoms with Crippen molar-refractivity contribution in [2.45, 2.75) is 12.8 Å². The predicted octanol–water partition coefficient (Wildman–Crippen LogP) is 3.08. The van der Waals surface area contributed by atoms with E-state index >= 15 is 0 Å². The topological polar surface area (TPSA) is 86.2 Å². The molecule has 0 unspecified atom stereocenters. The van der Waals surface area contributed by atoms with E-state index in [1.165, 1.54) is 10.8 Å². The van der Waals surface area contributed by atoms with E-state index in [0.717, 1.165) is 11.1 Å². The Bertz CT molecular complexity index is 726. The van der Waals surface area contributed by atoms with Crippen molar-refractivity contribution in [2.75, 3.05) is 11.5 Å². The minimum atomic E-state index is -3.35. The lowest BCUT2D eigenvalue weighted by Crippen LogP contribution is -1.91. The standard InChI is InChI=1S/C18H20N2O2S/c19-17-9-5-15(6-10-17)3-1-13-23(21,22)14-2-4-16-7-11-18(20)12-8-16/h1-2,5-14H,3-4,19-20H2. The van der Waals surface area contributed by atoms with Gasteiger partial charge in [-0.1, -0.05) is 36.4 Å². The Hall–Kier alpha value is -2.53. The van der Waals surface area contributed by atoms with Crippen LogP contribution in [0.4, 0.5) is 11.4 Å². The predicted molar refractivity (Wildman–Crippen MR) is 96.3 cm³/mol. The lowest BCUT2D eigenvalue weighted by atomic mass is 10.1. The van der Waals surface area contributed by atoms with Crippen LogP contribution < -0.4 is 11.5 Å². The Balaban J connectivity index is 1.90. The third-order valence-corrected chi connectivity index (χ3v) is 4.38. The number of rotatable bonds is 6. The summed E-state index contributed by atoms with van der Waals surface area (Å²) in [4.78, 5) is 0. The van der Waals surface area contributed by atoms with Crippen LogP contribution in [0.2, 0.25) is 0 Å². The number of hydrogen-bond acceptors (Lipinski definition) is 4. The van der Waals surface area contributed by atoms with Gasteiger partial charge in [0.2, 0.25) is 0 Å². The van der Waals surface area contributed by atoms with Crippen molar-refractivity contribution in [2.24, 2.45) is 0 Å². The Labute approximate surface area is 137 Å². The van der Waals surface area contributed by atoms with E-state index in [4.69, 9.17) is 11.5 Å². The second-order valence-corrected chi connectivity index (χ2v) is 6.95. The molecule has 0 aromatic heterocycles. The molecule has 120 valence electrons. The maximum atomic E-state index is 11.9. The van der Waals surface area contributed by atoms with Crippen molar-refractivity contribution in [1.29, 1.82) is 0 Å². The smallest absolute Gasteiger partial charge is 0.192 e. The minimum Gasteiger partial charge on any atom is -0.399 e. The molecule has 0 atom stereocenters. The summed E-state index contributed by atoms with van der Waals surface area (Å²) in [6.07, 6.45) is 4.36.